The van der Waals surface area contributed by atoms with E-state index in [4.69, 9.17) is 20.4 Å². The smallest absolute Gasteiger partial charge is 0.549 e. The van der Waals surface area contributed by atoms with Crippen molar-refractivity contribution in [3.05, 3.63) is 0 Å². The predicted octanol–water partition coefficient (Wildman–Crippen LogP) is -16.7. The summed E-state index contributed by atoms with van der Waals surface area (Å²) in [5.41, 5.74) is 0. The van der Waals surface area contributed by atoms with Crippen molar-refractivity contribution in [3.8, 4) is 0 Å². The second-order valence-electron chi connectivity index (χ2n) is 4.95. The molecule has 0 spiro atoms. The molecule has 29 heavy (non-hydrogen) atoms. The zero-order chi connectivity index (χ0) is 20.7. The van der Waals surface area contributed by atoms with E-state index in [1.807, 2.05) is 0 Å². The minimum absolute atomic E-state index is 0. The van der Waals surface area contributed by atoms with Crippen LogP contribution in [0.2, 0.25) is 0 Å². The molecule has 0 aromatic carbocycles. The molecule has 0 bridgehead atoms. The third-order valence-corrected chi connectivity index (χ3v) is 2.57. The molecule has 0 aliphatic heterocycles. The summed E-state index contributed by atoms with van der Waals surface area (Å²) in [5, 5.41) is 63.8. The molecule has 0 unspecified atom stereocenters. The molecule has 0 amide bonds. The summed E-state index contributed by atoms with van der Waals surface area (Å²) < 4.78 is 0. The number of aliphatic hydroxyl groups is 3. The van der Waals surface area contributed by atoms with Crippen molar-refractivity contribution in [2.45, 2.75) is 6.10 Å². The molecule has 0 saturated carbocycles. The second kappa shape index (κ2) is 24.9. The minimum atomic E-state index is -1.52. The first-order valence-corrected chi connectivity index (χ1v) is 7.17. The topological polar surface area (TPSA) is 225 Å². The van der Waals surface area contributed by atoms with E-state index in [2.05, 4.69) is 0 Å². The van der Waals surface area contributed by atoms with Gasteiger partial charge in [-0.1, -0.05) is 0 Å². The van der Waals surface area contributed by atoms with Crippen molar-refractivity contribution >= 4 is 23.9 Å². The summed E-state index contributed by atoms with van der Waals surface area (Å²) in [4.78, 5) is 43.7. The van der Waals surface area contributed by atoms with Gasteiger partial charge >= 0.3 is 94.6 Å². The van der Waals surface area contributed by atoms with Gasteiger partial charge < -0.3 is 50.1 Å². The summed E-state index contributed by atoms with van der Waals surface area (Å²) in [6.45, 7) is -3.73. The van der Waals surface area contributed by atoms with Gasteiger partial charge in [0.05, 0.1) is 37.7 Å². The maximum absolute atomic E-state index is 10.5. The van der Waals surface area contributed by atoms with E-state index >= 15 is 0 Å². The Morgan fingerprint density at radius 2 is 0.966 bits per heavy atom. The molecule has 0 aromatic heterocycles. The van der Waals surface area contributed by atoms with Gasteiger partial charge in [0.25, 0.3) is 0 Å². The Morgan fingerprint density at radius 3 is 1.14 bits per heavy atom. The molecule has 0 fully saturated rings. The van der Waals surface area contributed by atoms with Crippen LogP contribution in [0, 0.1) is 0 Å². The van der Waals surface area contributed by atoms with E-state index in [0.29, 0.717) is 0 Å². The van der Waals surface area contributed by atoms with E-state index in [0.717, 1.165) is 9.80 Å². The summed E-state index contributed by atoms with van der Waals surface area (Å²) in [5.74, 6) is -5.82. The average molecular weight is 450 g/mol. The van der Waals surface area contributed by atoms with Crippen LogP contribution in [-0.4, -0.2) is 113 Å². The van der Waals surface area contributed by atoms with Crippen LogP contribution >= 0.6 is 0 Å². The molecule has 4 N–H and O–H groups in total. The standard InChI is InChI=1S/C10H16N2O8.C3H8O3.3Na/c13-7(14)3-11(4-8(15)16)1-2-12(5-9(17)18)6-10(19)20;4-1-3(6)2-5;;;/h1-6H2,(H,13,14)(H,15,16)(H,17,18)(H,19,20);3-6H,1-2H2;;;/q;;3*+1/p-3. The number of carboxylic acid groups (broad SMARTS) is 4. The fourth-order valence-corrected chi connectivity index (χ4v) is 1.51. The predicted molar refractivity (Wildman–Crippen MR) is 75.7 cm³/mol. The molecule has 16 heteroatoms. The van der Waals surface area contributed by atoms with Gasteiger partial charge in [-0.2, -0.15) is 0 Å². The van der Waals surface area contributed by atoms with Crippen molar-refractivity contribution in [1.82, 2.24) is 9.80 Å². The third-order valence-electron chi connectivity index (χ3n) is 2.57. The molecule has 0 aliphatic carbocycles. The number of nitrogens with zero attached hydrogens (tertiary/aromatic N) is 2. The molecule has 13 nitrogen and oxygen atoms in total. The first-order chi connectivity index (χ1) is 12.0. The van der Waals surface area contributed by atoms with E-state index < -0.39 is 56.2 Å². The van der Waals surface area contributed by atoms with Crippen molar-refractivity contribution in [1.29, 1.82) is 0 Å². The number of carbonyl (C=O) groups excluding carboxylic acids is 3. The molecule has 0 heterocycles. The summed E-state index contributed by atoms with van der Waals surface area (Å²) in [7, 11) is 0. The van der Waals surface area contributed by atoms with Gasteiger partial charge in [-0.3, -0.25) is 14.6 Å². The van der Waals surface area contributed by atoms with Gasteiger partial charge in [0.15, 0.2) is 0 Å². The van der Waals surface area contributed by atoms with Crippen molar-refractivity contribution in [2.24, 2.45) is 0 Å². The Labute approximate surface area is 233 Å². The zero-order valence-electron chi connectivity index (χ0n) is 16.8. The molecule has 0 aliphatic rings. The Kier molecular flexibility index (Phi) is 34.5. The number of hydrogen-bond acceptors (Lipinski definition) is 12. The van der Waals surface area contributed by atoms with Crippen LogP contribution < -0.4 is 104 Å². The number of aliphatic hydroxyl groups excluding tert-OH is 3. The Bertz CT molecular complexity index is 399. The number of carboxylic acids is 4. The van der Waals surface area contributed by atoms with Gasteiger partial charge in [-0.25, -0.2) is 0 Å². The average Bonchev–Trinajstić information content (AvgIpc) is 2.50. The van der Waals surface area contributed by atoms with Crippen LogP contribution in [0.15, 0.2) is 0 Å². The maximum atomic E-state index is 10.5. The van der Waals surface area contributed by atoms with Crippen LogP contribution in [0.3, 0.4) is 0 Å². The molecular formula is C13H21N2Na3O11. The quantitative estimate of drug-likeness (QED) is 0.191. The van der Waals surface area contributed by atoms with E-state index in [9.17, 15) is 34.5 Å². The van der Waals surface area contributed by atoms with Crippen molar-refractivity contribution < 1.29 is 144 Å². The zero-order valence-corrected chi connectivity index (χ0v) is 22.8. The van der Waals surface area contributed by atoms with Crippen LogP contribution in [-0.2, 0) is 19.2 Å². The van der Waals surface area contributed by atoms with Crippen molar-refractivity contribution in [3.63, 3.8) is 0 Å². The first-order valence-electron chi connectivity index (χ1n) is 7.17. The number of aliphatic carboxylic acids is 4. The monoisotopic (exact) mass is 450 g/mol. The first kappa shape index (κ1) is 40.1. The van der Waals surface area contributed by atoms with Gasteiger partial charge in [-0.15, -0.1) is 0 Å². The summed E-state index contributed by atoms with van der Waals surface area (Å²) in [6, 6.07) is 0. The molecular weight excluding hydrogens is 429 g/mol. The minimum Gasteiger partial charge on any atom is -0.549 e. The molecule has 0 saturated heterocycles. The van der Waals surface area contributed by atoms with Gasteiger partial charge in [0.2, 0.25) is 0 Å². The molecule has 0 atom stereocenters. The van der Waals surface area contributed by atoms with Crippen molar-refractivity contribution in [2.75, 3.05) is 52.5 Å². The third kappa shape index (κ3) is 31.0. The van der Waals surface area contributed by atoms with E-state index in [1.165, 1.54) is 0 Å². The molecule has 0 radical (unpaired) electrons. The van der Waals surface area contributed by atoms with Crippen LogP contribution in [0.1, 0.15) is 0 Å². The van der Waals surface area contributed by atoms with Crippen LogP contribution in [0.25, 0.3) is 0 Å². The Balaban J connectivity index is -0.000000186. The normalized spacial score (nSPS) is 9.45. The van der Waals surface area contributed by atoms with Gasteiger partial charge in [0.1, 0.15) is 6.10 Å². The number of hydrogen-bond donors (Lipinski definition) is 4. The number of carbonyl (C=O) groups is 4. The Morgan fingerprint density at radius 1 is 0.690 bits per heavy atom. The van der Waals surface area contributed by atoms with Crippen LogP contribution in [0.4, 0.5) is 0 Å². The molecule has 0 rings (SSSR count). The van der Waals surface area contributed by atoms with Gasteiger partial charge in [-0.05, 0) is 0 Å². The summed E-state index contributed by atoms with van der Waals surface area (Å²) in [6.07, 6.45) is -0.954. The molecule has 152 valence electrons. The Hall–Kier alpha value is 0.680. The second-order valence-corrected chi connectivity index (χ2v) is 4.95. The van der Waals surface area contributed by atoms with E-state index in [1.54, 1.807) is 0 Å². The largest absolute Gasteiger partial charge is 1.00 e. The molecule has 0 aromatic rings. The van der Waals surface area contributed by atoms with Crippen LogP contribution in [0.5, 0.6) is 0 Å². The fourth-order valence-electron chi connectivity index (χ4n) is 1.51. The SMILES string of the molecule is O=C([O-])CN(CCN(CC(=O)[O-])CC(=O)O)CC(=O)[O-].OCC(O)CO.[Na+].[Na+].[Na+]. The maximum Gasteiger partial charge on any atom is 1.00 e. The fraction of sp³-hybridized carbons (Fsp3) is 0.692. The summed E-state index contributed by atoms with van der Waals surface area (Å²) >= 11 is 0. The van der Waals surface area contributed by atoms with E-state index in [-0.39, 0.29) is 115 Å². The van der Waals surface area contributed by atoms with Gasteiger partial charge in [0, 0.05) is 32.7 Å². The number of rotatable bonds is 13.